The van der Waals surface area contributed by atoms with E-state index >= 15 is 0 Å². The van der Waals surface area contributed by atoms with Gasteiger partial charge in [-0.05, 0) is 18.6 Å². The maximum absolute atomic E-state index is 11.8. The molecule has 130 valence electrons. The summed E-state index contributed by atoms with van der Waals surface area (Å²) in [5.41, 5.74) is 1.90. The second-order valence-electron chi connectivity index (χ2n) is 5.71. The average Bonchev–Trinajstić information content (AvgIpc) is 3.22. The number of ether oxygens (including phenoxy) is 1. The third-order valence-electron chi connectivity index (χ3n) is 3.76. The van der Waals surface area contributed by atoms with E-state index in [2.05, 4.69) is 15.4 Å². The first-order valence-corrected chi connectivity index (χ1v) is 7.86. The van der Waals surface area contributed by atoms with Gasteiger partial charge >= 0.3 is 5.97 Å². The smallest absolute Gasteiger partial charge is 0.330 e. The molecule has 0 spiro atoms. The molecule has 1 aliphatic rings. The number of imide groups is 1. The predicted molar refractivity (Wildman–Crippen MR) is 84.9 cm³/mol. The number of hydrogen-bond acceptors (Lipinski definition) is 7. The van der Waals surface area contributed by atoms with Crippen LogP contribution in [0.4, 0.5) is 0 Å². The molecule has 0 N–H and O–H groups in total. The van der Waals surface area contributed by atoms with Crippen molar-refractivity contribution in [3.05, 3.63) is 29.8 Å². The van der Waals surface area contributed by atoms with Gasteiger partial charge in [0.15, 0.2) is 13.2 Å². The molecule has 1 aromatic carbocycles. The number of aryl methyl sites for hydroxylation is 1. The zero-order valence-corrected chi connectivity index (χ0v) is 13.7. The molecule has 0 atom stereocenters. The summed E-state index contributed by atoms with van der Waals surface area (Å²) < 4.78 is 4.89. The molecule has 0 radical (unpaired) electrons. The van der Waals surface area contributed by atoms with Gasteiger partial charge in [0.2, 0.25) is 11.7 Å². The summed E-state index contributed by atoms with van der Waals surface area (Å²) in [4.78, 5) is 37.3. The number of likely N-dealkylation sites (tertiary alicyclic amines) is 1. The number of aromatic nitrogens is 4. The van der Waals surface area contributed by atoms with E-state index in [0.717, 1.165) is 20.8 Å². The Labute approximate surface area is 143 Å². The van der Waals surface area contributed by atoms with Gasteiger partial charge in [0.05, 0.1) is 0 Å². The fourth-order valence-corrected chi connectivity index (χ4v) is 2.42. The number of amides is 2. The maximum Gasteiger partial charge on any atom is 0.330 e. The van der Waals surface area contributed by atoms with Crippen LogP contribution >= 0.6 is 0 Å². The zero-order valence-electron chi connectivity index (χ0n) is 13.7. The second kappa shape index (κ2) is 7.20. The SMILES string of the molecule is Cc1ccc(-c2nnn(CC(=O)OCC(=O)N3CCCC3=O)n2)cc1. The van der Waals surface area contributed by atoms with Crippen molar-refractivity contribution < 1.29 is 19.1 Å². The van der Waals surface area contributed by atoms with E-state index in [1.807, 2.05) is 31.2 Å². The van der Waals surface area contributed by atoms with Crippen molar-refractivity contribution in [2.75, 3.05) is 13.2 Å². The molecule has 9 nitrogen and oxygen atoms in total. The van der Waals surface area contributed by atoms with E-state index in [1.54, 1.807) is 0 Å². The van der Waals surface area contributed by atoms with Crippen molar-refractivity contribution in [2.24, 2.45) is 0 Å². The standard InChI is InChI=1S/C16H17N5O4/c1-11-4-6-12(7-5-11)16-17-19-21(18-16)9-15(24)25-10-14(23)20-8-2-3-13(20)22/h4-7H,2-3,8-10H2,1H3. The number of hydrogen-bond donors (Lipinski definition) is 0. The van der Waals surface area contributed by atoms with Crippen LogP contribution in [0.3, 0.4) is 0 Å². The van der Waals surface area contributed by atoms with Crippen LogP contribution in [-0.4, -0.2) is 56.0 Å². The third kappa shape index (κ3) is 4.06. The molecular weight excluding hydrogens is 326 g/mol. The summed E-state index contributed by atoms with van der Waals surface area (Å²) >= 11 is 0. The monoisotopic (exact) mass is 343 g/mol. The minimum atomic E-state index is -0.673. The summed E-state index contributed by atoms with van der Waals surface area (Å²) in [7, 11) is 0. The fourth-order valence-electron chi connectivity index (χ4n) is 2.42. The number of tetrazole rings is 1. The minimum Gasteiger partial charge on any atom is -0.454 e. The summed E-state index contributed by atoms with van der Waals surface area (Å²) in [5, 5.41) is 11.8. The van der Waals surface area contributed by atoms with Crippen LogP contribution in [0.1, 0.15) is 18.4 Å². The Morgan fingerprint density at radius 2 is 2.00 bits per heavy atom. The summed E-state index contributed by atoms with van der Waals surface area (Å²) in [6.45, 7) is 1.62. The molecule has 0 unspecified atom stereocenters. The van der Waals surface area contributed by atoms with E-state index in [9.17, 15) is 14.4 Å². The Balaban J connectivity index is 1.52. The van der Waals surface area contributed by atoms with Crippen LogP contribution in [0.5, 0.6) is 0 Å². The molecule has 0 bridgehead atoms. The highest BCUT2D eigenvalue weighted by molar-refractivity contribution is 5.97. The van der Waals surface area contributed by atoms with Gasteiger partial charge in [0.25, 0.3) is 5.91 Å². The molecule has 1 aliphatic heterocycles. The van der Waals surface area contributed by atoms with Gasteiger partial charge in [-0.15, -0.1) is 10.2 Å². The Morgan fingerprint density at radius 1 is 1.24 bits per heavy atom. The van der Waals surface area contributed by atoms with Crippen molar-refractivity contribution in [3.63, 3.8) is 0 Å². The topological polar surface area (TPSA) is 107 Å². The number of carbonyl (C=O) groups excluding carboxylic acids is 3. The molecule has 25 heavy (non-hydrogen) atoms. The lowest BCUT2D eigenvalue weighted by Crippen LogP contribution is -2.35. The second-order valence-corrected chi connectivity index (χ2v) is 5.71. The molecule has 9 heteroatoms. The highest BCUT2D eigenvalue weighted by atomic mass is 16.5. The molecule has 1 fully saturated rings. The molecule has 0 saturated carbocycles. The van der Waals surface area contributed by atoms with Crippen LogP contribution in [0.15, 0.2) is 24.3 Å². The molecule has 0 aliphatic carbocycles. The Bertz CT molecular complexity index is 799. The van der Waals surface area contributed by atoms with Gasteiger partial charge in [-0.1, -0.05) is 29.8 Å². The maximum atomic E-state index is 11.8. The summed E-state index contributed by atoms with van der Waals surface area (Å²) in [5.74, 6) is -1.02. The molecule has 1 saturated heterocycles. The van der Waals surface area contributed by atoms with Gasteiger partial charge in [-0.3, -0.25) is 14.5 Å². The summed E-state index contributed by atoms with van der Waals surface area (Å²) in [6.07, 6.45) is 0.994. The highest BCUT2D eigenvalue weighted by Gasteiger charge is 2.27. The first kappa shape index (κ1) is 16.7. The quantitative estimate of drug-likeness (QED) is 0.720. The van der Waals surface area contributed by atoms with E-state index in [-0.39, 0.29) is 12.5 Å². The van der Waals surface area contributed by atoms with Gasteiger partial charge in [-0.2, -0.15) is 4.80 Å². The fraction of sp³-hybridized carbons (Fsp3) is 0.375. The minimum absolute atomic E-state index is 0.235. The molecule has 2 aromatic rings. The largest absolute Gasteiger partial charge is 0.454 e. The molecule has 3 rings (SSSR count). The Morgan fingerprint density at radius 3 is 2.68 bits per heavy atom. The number of nitrogens with zero attached hydrogens (tertiary/aromatic N) is 5. The lowest BCUT2D eigenvalue weighted by atomic mass is 10.1. The number of rotatable bonds is 5. The zero-order chi connectivity index (χ0) is 17.8. The van der Waals surface area contributed by atoms with E-state index in [0.29, 0.717) is 25.2 Å². The van der Waals surface area contributed by atoms with Crippen molar-refractivity contribution in [3.8, 4) is 11.4 Å². The lowest BCUT2D eigenvalue weighted by Gasteiger charge is -2.13. The van der Waals surface area contributed by atoms with E-state index in [4.69, 9.17) is 4.74 Å². The van der Waals surface area contributed by atoms with Gasteiger partial charge < -0.3 is 4.74 Å². The van der Waals surface area contributed by atoms with E-state index < -0.39 is 18.5 Å². The van der Waals surface area contributed by atoms with Gasteiger partial charge in [0.1, 0.15) is 0 Å². The molecular formula is C16H17N5O4. The Hall–Kier alpha value is -3.10. The van der Waals surface area contributed by atoms with Crippen molar-refractivity contribution in [1.29, 1.82) is 0 Å². The van der Waals surface area contributed by atoms with Crippen molar-refractivity contribution in [1.82, 2.24) is 25.1 Å². The van der Waals surface area contributed by atoms with Crippen molar-refractivity contribution in [2.45, 2.75) is 26.3 Å². The first-order chi connectivity index (χ1) is 12.0. The molecule has 1 aromatic heterocycles. The van der Waals surface area contributed by atoms with Gasteiger partial charge in [-0.25, -0.2) is 4.79 Å². The van der Waals surface area contributed by atoms with E-state index in [1.165, 1.54) is 0 Å². The van der Waals surface area contributed by atoms with Crippen molar-refractivity contribution >= 4 is 17.8 Å². The average molecular weight is 343 g/mol. The van der Waals surface area contributed by atoms with Crippen LogP contribution in [0, 0.1) is 6.92 Å². The number of benzene rings is 1. The molecule has 2 amide bonds. The predicted octanol–water partition coefficient (Wildman–Crippen LogP) is 0.341. The summed E-state index contributed by atoms with van der Waals surface area (Å²) in [6, 6.07) is 7.58. The normalized spacial score (nSPS) is 14.0. The third-order valence-corrected chi connectivity index (χ3v) is 3.76. The number of carbonyl (C=O) groups is 3. The van der Waals surface area contributed by atoms with Crippen LogP contribution in [0.2, 0.25) is 0 Å². The molecule has 2 heterocycles. The van der Waals surface area contributed by atoms with Crippen LogP contribution in [0.25, 0.3) is 11.4 Å². The lowest BCUT2D eigenvalue weighted by molar-refractivity contribution is -0.155. The van der Waals surface area contributed by atoms with Gasteiger partial charge in [0, 0.05) is 18.5 Å². The first-order valence-electron chi connectivity index (χ1n) is 7.86. The number of esters is 1. The van der Waals surface area contributed by atoms with Crippen LogP contribution < -0.4 is 0 Å². The Kier molecular flexibility index (Phi) is 4.82. The highest BCUT2D eigenvalue weighted by Crippen LogP contribution is 2.14. The van der Waals surface area contributed by atoms with Crippen LogP contribution in [-0.2, 0) is 25.7 Å².